The van der Waals surface area contributed by atoms with Crippen LogP contribution in [0.5, 0.6) is 11.5 Å². The van der Waals surface area contributed by atoms with Crippen LogP contribution >= 0.6 is 0 Å². The van der Waals surface area contributed by atoms with Crippen molar-refractivity contribution in [3.05, 3.63) is 34.5 Å². The van der Waals surface area contributed by atoms with Crippen LogP contribution in [-0.4, -0.2) is 11.7 Å². The molecule has 0 heterocycles. The van der Waals surface area contributed by atoms with Gasteiger partial charge in [-0.2, -0.15) is 0 Å². The number of hydrogen-bond donors (Lipinski definition) is 1. The molecule has 0 saturated heterocycles. The van der Waals surface area contributed by atoms with Crippen LogP contribution in [-0.2, 0) is 0 Å². The highest BCUT2D eigenvalue weighted by molar-refractivity contribution is 5.27. The minimum Gasteiger partial charge on any atom is -0.504 e. The third kappa shape index (κ3) is 11.6. The van der Waals surface area contributed by atoms with Crippen LogP contribution in [0.15, 0.2) is 29.1 Å². The first kappa shape index (κ1) is 21.5. The monoisotopic (exact) mass is 348 g/mol. The highest BCUT2D eigenvalue weighted by Crippen LogP contribution is 2.13. The SMILES string of the molecule is CCCCCCCCCCCCCCCOc1ccc(O)c(=O)cc1. The van der Waals surface area contributed by atoms with Crippen LogP contribution in [0.25, 0.3) is 0 Å². The Morgan fingerprint density at radius 3 is 1.76 bits per heavy atom. The van der Waals surface area contributed by atoms with Gasteiger partial charge in [0.1, 0.15) is 5.75 Å². The number of rotatable bonds is 15. The van der Waals surface area contributed by atoms with Gasteiger partial charge in [0, 0.05) is 0 Å². The molecule has 0 aromatic heterocycles. The second-order valence-corrected chi connectivity index (χ2v) is 6.91. The van der Waals surface area contributed by atoms with Crippen LogP contribution in [0.2, 0.25) is 0 Å². The zero-order valence-corrected chi connectivity index (χ0v) is 16.0. The van der Waals surface area contributed by atoms with E-state index in [0.717, 1.165) is 6.42 Å². The topological polar surface area (TPSA) is 46.5 Å². The summed E-state index contributed by atoms with van der Waals surface area (Å²) < 4.78 is 5.63. The van der Waals surface area contributed by atoms with Gasteiger partial charge >= 0.3 is 0 Å². The fourth-order valence-electron chi connectivity index (χ4n) is 2.95. The molecule has 1 N–H and O–H groups in total. The summed E-state index contributed by atoms with van der Waals surface area (Å²) in [6.45, 7) is 2.93. The molecule has 142 valence electrons. The minimum absolute atomic E-state index is 0.240. The van der Waals surface area contributed by atoms with Crippen molar-refractivity contribution in [3.63, 3.8) is 0 Å². The van der Waals surface area contributed by atoms with Crippen molar-refractivity contribution in [2.45, 2.75) is 90.4 Å². The highest BCUT2D eigenvalue weighted by atomic mass is 16.5. The van der Waals surface area contributed by atoms with Crippen molar-refractivity contribution < 1.29 is 9.84 Å². The Morgan fingerprint density at radius 1 is 0.720 bits per heavy atom. The molecule has 0 atom stereocenters. The summed E-state index contributed by atoms with van der Waals surface area (Å²) in [5, 5.41) is 9.33. The van der Waals surface area contributed by atoms with E-state index >= 15 is 0 Å². The Kier molecular flexibility index (Phi) is 12.7. The van der Waals surface area contributed by atoms with Gasteiger partial charge in [-0.25, -0.2) is 0 Å². The maximum Gasteiger partial charge on any atom is 0.220 e. The van der Waals surface area contributed by atoms with Gasteiger partial charge in [-0.1, -0.05) is 84.0 Å². The van der Waals surface area contributed by atoms with Crippen molar-refractivity contribution >= 4 is 0 Å². The lowest BCUT2D eigenvalue weighted by Crippen LogP contribution is -1.96. The average molecular weight is 349 g/mol. The van der Waals surface area contributed by atoms with Gasteiger partial charge in [0.05, 0.1) is 6.61 Å². The third-order valence-electron chi connectivity index (χ3n) is 4.57. The predicted molar refractivity (Wildman–Crippen MR) is 106 cm³/mol. The molecule has 0 aliphatic heterocycles. The first-order chi connectivity index (χ1) is 12.2. The predicted octanol–water partition coefficient (Wildman–Crippen LogP) is 6.22. The molecule has 3 heteroatoms. The highest BCUT2D eigenvalue weighted by Gasteiger charge is 1.97. The van der Waals surface area contributed by atoms with Gasteiger partial charge in [-0.05, 0) is 30.7 Å². The second kappa shape index (κ2) is 14.8. The molecule has 0 fully saturated rings. The second-order valence-electron chi connectivity index (χ2n) is 6.91. The standard InChI is InChI=1S/C22H36O3/c1-2-3-4-5-6-7-8-9-10-11-12-13-14-19-25-20-15-17-21(23)22(24)18-16-20/h15-18H,2-14,19H2,1H3,(H,23,24). The number of unbranched alkanes of at least 4 members (excludes halogenated alkanes) is 12. The van der Waals surface area contributed by atoms with E-state index in [-0.39, 0.29) is 11.2 Å². The van der Waals surface area contributed by atoms with Crippen LogP contribution in [0, 0.1) is 0 Å². The average Bonchev–Trinajstić information content (AvgIpc) is 2.77. The summed E-state index contributed by atoms with van der Waals surface area (Å²) in [7, 11) is 0. The van der Waals surface area contributed by atoms with E-state index in [1.165, 1.54) is 89.2 Å². The number of ether oxygens (including phenoxy) is 1. The van der Waals surface area contributed by atoms with Crippen molar-refractivity contribution in [1.82, 2.24) is 0 Å². The van der Waals surface area contributed by atoms with Gasteiger partial charge in [-0.15, -0.1) is 0 Å². The lowest BCUT2D eigenvalue weighted by atomic mass is 10.0. The van der Waals surface area contributed by atoms with Crippen LogP contribution in [0.4, 0.5) is 0 Å². The quantitative estimate of drug-likeness (QED) is 0.383. The number of hydrogen-bond acceptors (Lipinski definition) is 3. The van der Waals surface area contributed by atoms with E-state index in [4.69, 9.17) is 4.74 Å². The van der Waals surface area contributed by atoms with Gasteiger partial charge in [0.25, 0.3) is 0 Å². The fraction of sp³-hybridized carbons (Fsp3) is 0.682. The zero-order valence-electron chi connectivity index (χ0n) is 16.0. The Morgan fingerprint density at radius 2 is 1.20 bits per heavy atom. The van der Waals surface area contributed by atoms with Crippen molar-refractivity contribution in [2.75, 3.05) is 6.61 Å². The molecular formula is C22H36O3. The van der Waals surface area contributed by atoms with Crippen LogP contribution in [0.3, 0.4) is 0 Å². The van der Waals surface area contributed by atoms with Gasteiger partial charge in [0.2, 0.25) is 5.43 Å². The smallest absolute Gasteiger partial charge is 0.220 e. The molecule has 0 radical (unpaired) electrons. The van der Waals surface area contributed by atoms with E-state index < -0.39 is 0 Å². The largest absolute Gasteiger partial charge is 0.504 e. The molecule has 0 unspecified atom stereocenters. The Hall–Kier alpha value is -1.51. The molecule has 1 rings (SSSR count). The summed E-state index contributed by atoms with van der Waals surface area (Å²) in [6.07, 6.45) is 17.3. The van der Waals surface area contributed by atoms with Gasteiger partial charge < -0.3 is 9.84 Å². The lowest BCUT2D eigenvalue weighted by molar-refractivity contribution is 0.304. The van der Waals surface area contributed by atoms with E-state index in [9.17, 15) is 9.90 Å². The number of aromatic hydroxyl groups is 1. The van der Waals surface area contributed by atoms with Crippen molar-refractivity contribution in [3.8, 4) is 11.5 Å². The molecule has 3 nitrogen and oxygen atoms in total. The van der Waals surface area contributed by atoms with Gasteiger partial charge in [-0.3, -0.25) is 4.79 Å². The molecule has 0 amide bonds. The zero-order chi connectivity index (χ0) is 18.2. The summed E-state index contributed by atoms with van der Waals surface area (Å²) in [6, 6.07) is 5.99. The Balaban J connectivity index is 1.89. The molecule has 0 spiro atoms. The fourth-order valence-corrected chi connectivity index (χ4v) is 2.95. The Labute approximate surface area is 153 Å². The van der Waals surface area contributed by atoms with E-state index in [1.54, 1.807) is 12.1 Å². The molecule has 0 aliphatic rings. The molecule has 25 heavy (non-hydrogen) atoms. The third-order valence-corrected chi connectivity index (χ3v) is 4.57. The molecule has 0 bridgehead atoms. The molecule has 0 saturated carbocycles. The van der Waals surface area contributed by atoms with E-state index in [0.29, 0.717) is 12.4 Å². The summed E-state index contributed by atoms with van der Waals surface area (Å²) in [5.41, 5.74) is -0.379. The van der Waals surface area contributed by atoms with Crippen molar-refractivity contribution in [2.24, 2.45) is 0 Å². The van der Waals surface area contributed by atoms with Crippen molar-refractivity contribution in [1.29, 1.82) is 0 Å². The summed E-state index contributed by atoms with van der Waals surface area (Å²) >= 11 is 0. The molecule has 1 aromatic rings. The molecule has 0 aliphatic carbocycles. The van der Waals surface area contributed by atoms with Crippen LogP contribution < -0.4 is 10.2 Å². The van der Waals surface area contributed by atoms with E-state index in [2.05, 4.69) is 6.92 Å². The lowest BCUT2D eigenvalue weighted by Gasteiger charge is -2.05. The van der Waals surface area contributed by atoms with Crippen LogP contribution in [0.1, 0.15) is 90.4 Å². The molecule has 1 aromatic carbocycles. The Bertz CT molecular complexity index is 499. The minimum atomic E-state index is -0.379. The molecular weight excluding hydrogens is 312 g/mol. The first-order valence-corrected chi connectivity index (χ1v) is 10.2. The normalized spacial score (nSPS) is 10.8. The van der Waals surface area contributed by atoms with Gasteiger partial charge in [0.15, 0.2) is 5.75 Å². The summed E-state index contributed by atoms with van der Waals surface area (Å²) in [5.74, 6) is 0.396. The summed E-state index contributed by atoms with van der Waals surface area (Å²) in [4.78, 5) is 11.3. The maximum absolute atomic E-state index is 11.3. The first-order valence-electron chi connectivity index (χ1n) is 10.2. The maximum atomic E-state index is 11.3. The van der Waals surface area contributed by atoms with E-state index in [1.807, 2.05) is 0 Å².